The maximum Gasteiger partial charge on any atom is 0.129 e. The van der Waals surface area contributed by atoms with Gasteiger partial charge in [0.2, 0.25) is 0 Å². The highest BCUT2D eigenvalue weighted by Crippen LogP contribution is 2.34. The van der Waals surface area contributed by atoms with E-state index in [-0.39, 0.29) is 0 Å². The lowest BCUT2D eigenvalue weighted by Gasteiger charge is -2.37. The summed E-state index contributed by atoms with van der Waals surface area (Å²) >= 11 is 0. The van der Waals surface area contributed by atoms with Crippen molar-refractivity contribution >= 4 is 5.82 Å². The lowest BCUT2D eigenvalue weighted by molar-refractivity contribution is 0.0760. The molecule has 2 fully saturated rings. The Hall–Kier alpha value is -1.99. The first-order chi connectivity index (χ1) is 14.5. The number of piperazine rings is 1. The third kappa shape index (κ3) is 5.01. The number of hydrogen-bond donors (Lipinski definition) is 0. The number of rotatable bonds is 10. The van der Waals surface area contributed by atoms with Crippen LogP contribution in [0.25, 0.3) is 0 Å². The van der Waals surface area contributed by atoms with Crippen molar-refractivity contribution in [2.24, 2.45) is 0 Å². The molecule has 2 saturated heterocycles. The van der Waals surface area contributed by atoms with Crippen molar-refractivity contribution < 1.29 is 4.74 Å². The van der Waals surface area contributed by atoms with Crippen LogP contribution in [0.5, 0.6) is 0 Å². The summed E-state index contributed by atoms with van der Waals surface area (Å²) in [7, 11) is 0. The molecule has 0 aliphatic carbocycles. The van der Waals surface area contributed by atoms with E-state index in [4.69, 9.17) is 9.72 Å². The van der Waals surface area contributed by atoms with E-state index >= 15 is 0 Å². The molecular weight excluding hydrogens is 376 g/mol. The van der Waals surface area contributed by atoms with Gasteiger partial charge >= 0.3 is 0 Å². The SMILES string of the molecule is CC(C)OCCCCc1cn(Cc2cccc(N3C[C@H]4C[C@@H]3CN4C(C)C)n2)nn1. The molecule has 30 heavy (non-hydrogen) atoms. The molecule has 2 atom stereocenters. The average Bonchev–Trinajstić information content (AvgIpc) is 3.43. The lowest BCUT2D eigenvalue weighted by Crippen LogP contribution is -2.49. The van der Waals surface area contributed by atoms with Gasteiger partial charge in [0.05, 0.1) is 24.0 Å². The number of hydrogen-bond acceptors (Lipinski definition) is 6. The molecule has 0 aromatic carbocycles. The number of ether oxygens (including phenoxy) is 1. The summed E-state index contributed by atoms with van der Waals surface area (Å²) in [5.41, 5.74) is 2.08. The minimum atomic E-state index is 0.305. The minimum Gasteiger partial charge on any atom is -0.379 e. The van der Waals surface area contributed by atoms with Crippen LogP contribution in [-0.4, -0.2) is 68.8 Å². The summed E-state index contributed by atoms with van der Waals surface area (Å²) in [5.74, 6) is 1.11. The third-order valence-electron chi connectivity index (χ3n) is 6.22. The molecule has 0 radical (unpaired) electrons. The van der Waals surface area contributed by atoms with E-state index in [0.717, 1.165) is 56.2 Å². The van der Waals surface area contributed by atoms with E-state index in [1.165, 1.54) is 6.42 Å². The van der Waals surface area contributed by atoms with Crippen molar-refractivity contribution in [2.75, 3.05) is 24.6 Å². The minimum absolute atomic E-state index is 0.305. The van der Waals surface area contributed by atoms with E-state index in [1.54, 1.807) is 0 Å². The summed E-state index contributed by atoms with van der Waals surface area (Å²) in [6.45, 7) is 12.5. The maximum atomic E-state index is 5.60. The van der Waals surface area contributed by atoms with Crippen LogP contribution < -0.4 is 4.90 Å². The van der Waals surface area contributed by atoms with E-state index in [9.17, 15) is 0 Å². The molecule has 0 spiro atoms. The highest BCUT2D eigenvalue weighted by atomic mass is 16.5. The van der Waals surface area contributed by atoms with Gasteiger partial charge in [0.1, 0.15) is 5.82 Å². The molecule has 2 bridgehead atoms. The van der Waals surface area contributed by atoms with Crippen LogP contribution in [0.15, 0.2) is 24.4 Å². The molecule has 2 aromatic rings. The van der Waals surface area contributed by atoms with Gasteiger partial charge in [0.15, 0.2) is 0 Å². The van der Waals surface area contributed by atoms with Crippen LogP contribution >= 0.6 is 0 Å². The fourth-order valence-corrected chi connectivity index (χ4v) is 4.75. The van der Waals surface area contributed by atoms with Gasteiger partial charge < -0.3 is 9.64 Å². The third-order valence-corrected chi connectivity index (χ3v) is 6.22. The number of anilines is 1. The average molecular weight is 413 g/mol. The number of fused-ring (bicyclic) bond motifs is 2. The van der Waals surface area contributed by atoms with Crippen molar-refractivity contribution in [3.63, 3.8) is 0 Å². The zero-order valence-corrected chi connectivity index (χ0v) is 18.9. The molecule has 2 aliphatic rings. The molecule has 2 aromatic heterocycles. The van der Waals surface area contributed by atoms with E-state index in [2.05, 4.69) is 72.2 Å². The quantitative estimate of drug-likeness (QED) is 0.559. The number of nitrogens with zero attached hydrogens (tertiary/aromatic N) is 6. The zero-order valence-electron chi connectivity index (χ0n) is 18.9. The Kier molecular flexibility index (Phi) is 6.68. The lowest BCUT2D eigenvalue weighted by atomic mass is 10.2. The van der Waals surface area contributed by atoms with Crippen molar-refractivity contribution in [3.05, 3.63) is 35.8 Å². The smallest absolute Gasteiger partial charge is 0.129 e. The first-order valence-corrected chi connectivity index (χ1v) is 11.5. The van der Waals surface area contributed by atoms with Gasteiger partial charge in [-0.1, -0.05) is 11.3 Å². The Bertz CT molecular complexity index is 820. The number of aromatic nitrogens is 4. The van der Waals surface area contributed by atoms with Crippen LogP contribution in [-0.2, 0) is 17.7 Å². The monoisotopic (exact) mass is 412 g/mol. The van der Waals surface area contributed by atoms with Crippen molar-refractivity contribution in [2.45, 2.75) is 84.2 Å². The Morgan fingerprint density at radius 3 is 2.67 bits per heavy atom. The first-order valence-electron chi connectivity index (χ1n) is 11.5. The second-order valence-corrected chi connectivity index (χ2v) is 9.26. The summed E-state index contributed by atoms with van der Waals surface area (Å²) in [5, 5.41) is 8.64. The number of likely N-dealkylation sites (tertiary alicyclic amines) is 1. The Morgan fingerprint density at radius 1 is 1.07 bits per heavy atom. The van der Waals surface area contributed by atoms with Gasteiger partial charge in [-0.05, 0) is 65.5 Å². The second kappa shape index (κ2) is 9.43. The molecule has 0 unspecified atom stereocenters. The summed E-state index contributed by atoms with van der Waals surface area (Å²) in [6, 6.07) is 8.25. The van der Waals surface area contributed by atoms with Crippen LogP contribution in [0.4, 0.5) is 5.82 Å². The molecule has 4 heterocycles. The number of aryl methyl sites for hydroxylation is 1. The molecule has 0 saturated carbocycles. The van der Waals surface area contributed by atoms with Crippen LogP contribution in [0, 0.1) is 0 Å². The summed E-state index contributed by atoms with van der Waals surface area (Å²) < 4.78 is 7.50. The summed E-state index contributed by atoms with van der Waals surface area (Å²) in [4.78, 5) is 10.1. The predicted molar refractivity (Wildman–Crippen MR) is 119 cm³/mol. The van der Waals surface area contributed by atoms with Gasteiger partial charge in [-0.15, -0.1) is 5.10 Å². The molecular formula is C23H36N6O. The Morgan fingerprint density at radius 2 is 1.93 bits per heavy atom. The Labute approximate surface area is 180 Å². The Balaban J connectivity index is 1.30. The van der Waals surface area contributed by atoms with E-state index < -0.39 is 0 Å². The first kappa shape index (κ1) is 21.2. The fourth-order valence-electron chi connectivity index (χ4n) is 4.75. The van der Waals surface area contributed by atoms with Gasteiger partial charge in [-0.25, -0.2) is 9.67 Å². The summed E-state index contributed by atoms with van der Waals surface area (Å²) in [6.07, 6.45) is 6.69. The van der Waals surface area contributed by atoms with Crippen molar-refractivity contribution in [3.8, 4) is 0 Å². The van der Waals surface area contributed by atoms with Gasteiger partial charge in [-0.3, -0.25) is 4.90 Å². The van der Waals surface area contributed by atoms with Crippen LogP contribution in [0.1, 0.15) is 58.3 Å². The number of unbranched alkanes of at least 4 members (excludes halogenated alkanes) is 1. The van der Waals surface area contributed by atoms with E-state index in [1.807, 2.05) is 4.68 Å². The van der Waals surface area contributed by atoms with Gasteiger partial charge in [0.25, 0.3) is 0 Å². The van der Waals surface area contributed by atoms with Crippen molar-refractivity contribution in [1.29, 1.82) is 0 Å². The highest BCUT2D eigenvalue weighted by molar-refractivity contribution is 5.44. The molecule has 4 rings (SSSR count). The largest absolute Gasteiger partial charge is 0.379 e. The molecule has 7 nitrogen and oxygen atoms in total. The molecule has 164 valence electrons. The molecule has 7 heteroatoms. The number of pyridine rings is 1. The van der Waals surface area contributed by atoms with Crippen molar-refractivity contribution in [1.82, 2.24) is 24.9 Å². The molecule has 2 aliphatic heterocycles. The fraction of sp³-hybridized carbons (Fsp3) is 0.696. The highest BCUT2D eigenvalue weighted by Gasteiger charge is 2.44. The predicted octanol–water partition coefficient (Wildman–Crippen LogP) is 3.14. The van der Waals surface area contributed by atoms with Crippen LogP contribution in [0.2, 0.25) is 0 Å². The topological polar surface area (TPSA) is 59.3 Å². The van der Waals surface area contributed by atoms with Gasteiger partial charge in [0, 0.05) is 44.0 Å². The second-order valence-electron chi connectivity index (χ2n) is 9.26. The van der Waals surface area contributed by atoms with Crippen LogP contribution in [0.3, 0.4) is 0 Å². The van der Waals surface area contributed by atoms with E-state index in [0.29, 0.717) is 30.8 Å². The maximum absolute atomic E-state index is 5.60. The zero-order chi connectivity index (χ0) is 21.1. The van der Waals surface area contributed by atoms with Gasteiger partial charge in [-0.2, -0.15) is 0 Å². The normalized spacial score (nSPS) is 21.5. The molecule has 0 amide bonds. The molecule has 0 N–H and O–H groups in total. The standard InChI is InChI=1S/C23H36N6O/c1-17(2)28-15-22-12-21(28)16-29(22)23-10-7-9-19(24-23)13-27-14-20(25-26-27)8-5-6-11-30-18(3)4/h7,9-10,14,17-18,21-22H,5-6,8,11-13,15-16H2,1-4H3/t21-,22-/m1/s1.